The van der Waals surface area contributed by atoms with Gasteiger partial charge in [-0.05, 0) is 43.2 Å². The summed E-state index contributed by atoms with van der Waals surface area (Å²) in [5, 5.41) is 8.63. The molecule has 4 aromatic rings. The molecule has 10 heteroatoms. The lowest BCUT2D eigenvalue weighted by atomic mass is 10.1. The molecule has 0 atom stereocenters. The number of hydrogen-bond acceptors (Lipinski definition) is 4. The number of amides is 3. The molecule has 0 radical (unpaired) electrons. The predicted molar refractivity (Wildman–Crippen MR) is 120 cm³/mol. The molecule has 2 aromatic carbocycles. The third-order valence-corrected chi connectivity index (χ3v) is 5.19. The molecular formula is C23H18F2N6O2. The van der Waals surface area contributed by atoms with Crippen LogP contribution < -0.4 is 16.0 Å². The van der Waals surface area contributed by atoms with Crippen LogP contribution in [0, 0.1) is 17.6 Å². The number of hydrogen-bond donors (Lipinski definition) is 4. The number of H-pyrrole nitrogens is 1. The maximum absolute atomic E-state index is 13.3. The normalized spacial score (nSPS) is 13.0. The van der Waals surface area contributed by atoms with Crippen molar-refractivity contribution in [2.75, 3.05) is 16.0 Å². The number of aromatic nitrogens is 3. The summed E-state index contributed by atoms with van der Waals surface area (Å²) >= 11 is 0. The Morgan fingerprint density at radius 1 is 0.879 bits per heavy atom. The summed E-state index contributed by atoms with van der Waals surface area (Å²) in [4.78, 5) is 36.2. The van der Waals surface area contributed by atoms with E-state index in [9.17, 15) is 18.4 Å². The van der Waals surface area contributed by atoms with Gasteiger partial charge in [-0.15, -0.1) is 0 Å². The smallest absolute Gasteiger partial charge is 0.323 e. The van der Waals surface area contributed by atoms with Crippen LogP contribution in [-0.4, -0.2) is 26.9 Å². The summed E-state index contributed by atoms with van der Waals surface area (Å²) in [6.45, 7) is 0. The number of halogens is 2. The van der Waals surface area contributed by atoms with E-state index in [1.807, 2.05) is 6.07 Å². The summed E-state index contributed by atoms with van der Waals surface area (Å²) in [7, 11) is 0. The van der Waals surface area contributed by atoms with Crippen LogP contribution in [0.2, 0.25) is 0 Å². The molecular weight excluding hydrogens is 430 g/mol. The largest absolute Gasteiger partial charge is 0.346 e. The van der Waals surface area contributed by atoms with Gasteiger partial charge in [0.2, 0.25) is 11.9 Å². The number of nitrogens with zero attached hydrogens (tertiary/aromatic N) is 2. The van der Waals surface area contributed by atoms with Gasteiger partial charge in [0.05, 0.1) is 5.69 Å². The Labute approximate surface area is 186 Å². The van der Waals surface area contributed by atoms with Gasteiger partial charge in [0, 0.05) is 40.5 Å². The van der Waals surface area contributed by atoms with Crippen LogP contribution in [0.4, 0.5) is 30.9 Å². The van der Waals surface area contributed by atoms with Crippen molar-refractivity contribution in [1.29, 1.82) is 0 Å². The number of aromatic amines is 1. The molecule has 3 amide bonds. The van der Waals surface area contributed by atoms with E-state index in [0.29, 0.717) is 17.0 Å². The number of carbonyl (C=O) groups is 2. The molecule has 0 saturated heterocycles. The molecule has 1 fully saturated rings. The topological polar surface area (TPSA) is 112 Å². The van der Waals surface area contributed by atoms with Gasteiger partial charge in [0.25, 0.3) is 0 Å². The van der Waals surface area contributed by atoms with Crippen LogP contribution in [0.15, 0.2) is 54.7 Å². The number of urea groups is 1. The van der Waals surface area contributed by atoms with Crippen LogP contribution in [-0.2, 0) is 4.79 Å². The van der Waals surface area contributed by atoms with Gasteiger partial charge >= 0.3 is 6.03 Å². The molecule has 0 bridgehead atoms. The average molecular weight is 448 g/mol. The zero-order valence-corrected chi connectivity index (χ0v) is 17.2. The van der Waals surface area contributed by atoms with Crippen molar-refractivity contribution >= 4 is 40.3 Å². The van der Waals surface area contributed by atoms with Crippen LogP contribution >= 0.6 is 0 Å². The SMILES string of the molecule is O=C(Nc1ccc(-c2nc(NC(=O)C3CC3)nc3[nH]ccc23)cc1)Nc1ccc(F)c(F)c1. The lowest BCUT2D eigenvalue weighted by Gasteiger charge is -2.10. The van der Waals surface area contributed by atoms with Crippen molar-refractivity contribution in [2.45, 2.75) is 12.8 Å². The number of anilines is 3. The lowest BCUT2D eigenvalue weighted by Crippen LogP contribution is -2.19. The maximum Gasteiger partial charge on any atom is 0.323 e. The van der Waals surface area contributed by atoms with Gasteiger partial charge in [-0.1, -0.05) is 12.1 Å². The molecule has 2 aromatic heterocycles. The third-order valence-electron chi connectivity index (χ3n) is 5.19. The Kier molecular flexibility index (Phi) is 5.17. The van der Waals surface area contributed by atoms with Gasteiger partial charge in [-0.3, -0.25) is 10.1 Å². The first-order valence-electron chi connectivity index (χ1n) is 10.3. The Bertz CT molecular complexity index is 1370. The Morgan fingerprint density at radius 2 is 1.61 bits per heavy atom. The fourth-order valence-corrected chi connectivity index (χ4v) is 3.35. The van der Waals surface area contributed by atoms with E-state index in [4.69, 9.17) is 0 Å². The molecule has 4 N–H and O–H groups in total. The molecule has 0 aliphatic heterocycles. The van der Waals surface area contributed by atoms with Crippen molar-refractivity contribution < 1.29 is 18.4 Å². The minimum absolute atomic E-state index is 0.0271. The summed E-state index contributed by atoms with van der Waals surface area (Å²) < 4.78 is 26.3. The van der Waals surface area contributed by atoms with E-state index in [1.165, 1.54) is 6.07 Å². The summed E-state index contributed by atoms with van der Waals surface area (Å²) in [6, 6.07) is 11.2. The zero-order valence-electron chi connectivity index (χ0n) is 17.2. The van der Waals surface area contributed by atoms with Gasteiger partial charge in [0.1, 0.15) is 5.65 Å². The van der Waals surface area contributed by atoms with E-state index < -0.39 is 17.7 Å². The van der Waals surface area contributed by atoms with Crippen molar-refractivity contribution in [3.8, 4) is 11.3 Å². The molecule has 166 valence electrons. The quantitative estimate of drug-likeness (QED) is 0.348. The molecule has 1 saturated carbocycles. The Hall–Kier alpha value is -4.34. The van der Waals surface area contributed by atoms with Crippen molar-refractivity contribution in [3.63, 3.8) is 0 Å². The van der Waals surface area contributed by atoms with Gasteiger partial charge < -0.3 is 15.6 Å². The molecule has 0 spiro atoms. The van der Waals surface area contributed by atoms with E-state index in [-0.39, 0.29) is 23.5 Å². The molecule has 33 heavy (non-hydrogen) atoms. The number of fused-ring (bicyclic) bond motifs is 1. The van der Waals surface area contributed by atoms with Crippen LogP contribution in [0.5, 0.6) is 0 Å². The Balaban J connectivity index is 1.33. The first-order chi connectivity index (χ1) is 16.0. The highest BCUT2D eigenvalue weighted by Gasteiger charge is 2.30. The molecule has 2 heterocycles. The van der Waals surface area contributed by atoms with Gasteiger partial charge in [-0.2, -0.15) is 4.98 Å². The first kappa shape index (κ1) is 20.6. The second-order valence-corrected chi connectivity index (χ2v) is 7.68. The lowest BCUT2D eigenvalue weighted by molar-refractivity contribution is -0.117. The van der Waals surface area contributed by atoms with Crippen LogP contribution in [0.1, 0.15) is 12.8 Å². The molecule has 0 unspecified atom stereocenters. The second kappa shape index (κ2) is 8.30. The average Bonchev–Trinajstić information content (AvgIpc) is 3.54. The van der Waals surface area contributed by atoms with Crippen molar-refractivity contribution in [3.05, 3.63) is 66.4 Å². The second-order valence-electron chi connectivity index (χ2n) is 7.68. The third kappa shape index (κ3) is 4.49. The highest BCUT2D eigenvalue weighted by atomic mass is 19.2. The molecule has 8 nitrogen and oxygen atoms in total. The number of benzene rings is 2. The number of nitrogens with one attached hydrogen (secondary N) is 4. The van der Waals surface area contributed by atoms with Gasteiger partial charge in [-0.25, -0.2) is 18.6 Å². The van der Waals surface area contributed by atoms with E-state index in [1.54, 1.807) is 30.5 Å². The zero-order chi connectivity index (χ0) is 22.9. The van der Waals surface area contributed by atoms with Crippen molar-refractivity contribution in [2.24, 2.45) is 5.92 Å². The van der Waals surface area contributed by atoms with E-state index in [2.05, 4.69) is 30.9 Å². The van der Waals surface area contributed by atoms with Crippen molar-refractivity contribution in [1.82, 2.24) is 15.0 Å². The summed E-state index contributed by atoms with van der Waals surface area (Å²) in [5.41, 5.74) is 2.60. The molecule has 1 aliphatic carbocycles. The summed E-state index contributed by atoms with van der Waals surface area (Å²) in [5.74, 6) is -1.87. The minimum Gasteiger partial charge on any atom is -0.346 e. The van der Waals surface area contributed by atoms with Crippen LogP contribution in [0.3, 0.4) is 0 Å². The maximum atomic E-state index is 13.3. The van der Waals surface area contributed by atoms with E-state index in [0.717, 1.165) is 35.9 Å². The first-order valence-corrected chi connectivity index (χ1v) is 10.3. The van der Waals surface area contributed by atoms with Gasteiger partial charge in [0.15, 0.2) is 11.6 Å². The highest BCUT2D eigenvalue weighted by Crippen LogP contribution is 2.31. The summed E-state index contributed by atoms with van der Waals surface area (Å²) in [6.07, 6.45) is 3.50. The fourth-order valence-electron chi connectivity index (χ4n) is 3.35. The van der Waals surface area contributed by atoms with Crippen LogP contribution in [0.25, 0.3) is 22.3 Å². The monoisotopic (exact) mass is 448 g/mol. The molecule has 1 aliphatic rings. The standard InChI is InChI=1S/C23H18F2N6O2/c24-17-8-7-15(11-18(17)25)28-23(33)27-14-5-3-12(4-6-14)19-16-9-10-26-20(16)30-22(29-19)31-21(32)13-1-2-13/h3-11,13H,1-2H2,(H2,27,28,33)(H2,26,29,30,31,32). The fraction of sp³-hybridized carbons (Fsp3) is 0.130. The predicted octanol–water partition coefficient (Wildman–Crippen LogP) is 4.90. The molecule has 5 rings (SSSR count). The number of carbonyl (C=O) groups excluding carboxylic acids is 2. The highest BCUT2D eigenvalue weighted by molar-refractivity contribution is 6.00. The minimum atomic E-state index is -1.05. The Morgan fingerprint density at radius 3 is 2.33 bits per heavy atom. The number of rotatable bonds is 5. The van der Waals surface area contributed by atoms with E-state index >= 15 is 0 Å².